The minimum absolute atomic E-state index is 0.135. The number of rotatable bonds is 18. The number of carbonyl (C=O) groups is 1. The zero-order chi connectivity index (χ0) is 29.8. The van der Waals surface area contributed by atoms with Crippen molar-refractivity contribution in [2.45, 2.75) is 96.0 Å². The molecule has 0 spiro atoms. The van der Waals surface area contributed by atoms with Crippen LogP contribution >= 0.6 is 0 Å². The molecule has 2 rings (SSSR count). The molecule has 1 heterocycles. The van der Waals surface area contributed by atoms with Crippen LogP contribution < -0.4 is 9.47 Å². The maximum Gasteiger partial charge on any atom is 0.303 e. The molecule has 9 nitrogen and oxygen atoms in total. The van der Waals surface area contributed by atoms with E-state index in [4.69, 9.17) is 38.3 Å². The number of carboxylic acids is 1. The molecule has 0 saturated carbocycles. The summed E-state index contributed by atoms with van der Waals surface area (Å²) in [6.07, 6.45) is 15.8. The van der Waals surface area contributed by atoms with Crippen LogP contribution in [0.3, 0.4) is 0 Å². The van der Waals surface area contributed by atoms with Gasteiger partial charge in [-0.05, 0) is 25.0 Å². The SMILES string of the molecule is O=C(O)CCCCCCCCCCCCCCCOCC1COCCOCCOc2ccccc2OCCOCCO1. The minimum Gasteiger partial charge on any atom is -0.487 e. The monoisotopic (exact) mass is 596 g/mol. The summed E-state index contributed by atoms with van der Waals surface area (Å²) in [5.74, 6) is 0.723. The summed E-state index contributed by atoms with van der Waals surface area (Å²) in [7, 11) is 0. The minimum atomic E-state index is -0.677. The maximum atomic E-state index is 10.5. The summed E-state index contributed by atoms with van der Waals surface area (Å²) in [5.41, 5.74) is 0. The van der Waals surface area contributed by atoms with Gasteiger partial charge in [-0.3, -0.25) is 4.79 Å². The summed E-state index contributed by atoms with van der Waals surface area (Å²) < 4.78 is 40.6. The van der Waals surface area contributed by atoms with Crippen molar-refractivity contribution in [3.05, 3.63) is 24.3 Å². The average molecular weight is 597 g/mol. The number of hydrogen-bond acceptors (Lipinski definition) is 8. The summed E-state index contributed by atoms with van der Waals surface area (Å²) in [6, 6.07) is 7.61. The normalized spacial score (nSPS) is 17.8. The third-order valence-corrected chi connectivity index (χ3v) is 7.06. The number of para-hydroxylation sites is 2. The summed E-state index contributed by atoms with van der Waals surface area (Å²) >= 11 is 0. The topological polar surface area (TPSA) is 102 Å². The van der Waals surface area contributed by atoms with E-state index in [1.54, 1.807) is 0 Å². The van der Waals surface area contributed by atoms with Gasteiger partial charge in [-0.1, -0.05) is 82.8 Å². The Kier molecular flexibility index (Phi) is 23.1. The van der Waals surface area contributed by atoms with Crippen LogP contribution in [0.15, 0.2) is 24.3 Å². The molecule has 0 radical (unpaired) electrons. The van der Waals surface area contributed by atoms with Crippen molar-refractivity contribution in [2.75, 3.05) is 72.7 Å². The molecule has 1 aromatic carbocycles. The first kappa shape index (κ1) is 36.3. The molecule has 0 bridgehead atoms. The van der Waals surface area contributed by atoms with E-state index in [2.05, 4.69) is 0 Å². The van der Waals surface area contributed by atoms with E-state index in [-0.39, 0.29) is 6.10 Å². The lowest BCUT2D eigenvalue weighted by atomic mass is 10.0. The van der Waals surface area contributed by atoms with E-state index in [0.29, 0.717) is 84.0 Å². The zero-order valence-corrected chi connectivity index (χ0v) is 25.8. The molecule has 1 aliphatic heterocycles. The third kappa shape index (κ3) is 20.9. The Labute approximate surface area is 253 Å². The summed E-state index contributed by atoms with van der Waals surface area (Å²) in [6.45, 7) is 5.47. The standard InChI is InChI=1S/C33H56O9/c34-33(35)18-12-10-8-6-4-2-1-3-5-7-9-11-15-19-38-28-30-29-39-21-20-36-23-26-41-31-16-13-14-17-32(31)42-27-24-37-22-25-40-30/h13-14,16-17,30H,1-12,15,18-29H2,(H,34,35). The van der Waals surface area contributed by atoms with Gasteiger partial charge in [0.1, 0.15) is 19.3 Å². The Bertz CT molecular complexity index is 761. The number of aliphatic carboxylic acids is 1. The quantitative estimate of drug-likeness (QED) is 0.191. The van der Waals surface area contributed by atoms with E-state index in [1.807, 2.05) is 24.3 Å². The maximum absolute atomic E-state index is 10.5. The van der Waals surface area contributed by atoms with Crippen molar-refractivity contribution in [2.24, 2.45) is 0 Å². The summed E-state index contributed by atoms with van der Waals surface area (Å²) in [4.78, 5) is 10.5. The van der Waals surface area contributed by atoms with Gasteiger partial charge in [0.25, 0.3) is 0 Å². The predicted molar refractivity (Wildman–Crippen MR) is 163 cm³/mol. The molecule has 0 aromatic heterocycles. The molecule has 42 heavy (non-hydrogen) atoms. The Morgan fingerprint density at radius 2 is 1.12 bits per heavy atom. The van der Waals surface area contributed by atoms with E-state index in [1.165, 1.54) is 64.2 Å². The van der Waals surface area contributed by atoms with Crippen LogP contribution in [0.5, 0.6) is 11.5 Å². The second-order valence-corrected chi connectivity index (χ2v) is 10.8. The number of benzene rings is 1. The highest BCUT2D eigenvalue weighted by molar-refractivity contribution is 5.66. The van der Waals surface area contributed by atoms with Gasteiger partial charge >= 0.3 is 5.97 Å². The van der Waals surface area contributed by atoms with Gasteiger partial charge in [0.15, 0.2) is 11.5 Å². The highest BCUT2D eigenvalue weighted by atomic mass is 16.6. The highest BCUT2D eigenvalue weighted by Gasteiger charge is 2.11. The second-order valence-electron chi connectivity index (χ2n) is 10.8. The molecule has 9 heteroatoms. The zero-order valence-electron chi connectivity index (χ0n) is 25.8. The van der Waals surface area contributed by atoms with Crippen LogP contribution in [0.25, 0.3) is 0 Å². The summed E-state index contributed by atoms with van der Waals surface area (Å²) in [5, 5.41) is 8.65. The molecule has 1 atom stereocenters. The van der Waals surface area contributed by atoms with Gasteiger partial charge in [-0.25, -0.2) is 0 Å². The van der Waals surface area contributed by atoms with Crippen LogP contribution in [-0.2, 0) is 28.5 Å². The second kappa shape index (κ2) is 26.7. The number of hydrogen-bond donors (Lipinski definition) is 1. The van der Waals surface area contributed by atoms with Crippen molar-refractivity contribution in [1.29, 1.82) is 0 Å². The fourth-order valence-electron chi connectivity index (χ4n) is 4.70. The van der Waals surface area contributed by atoms with Gasteiger partial charge in [-0.15, -0.1) is 0 Å². The largest absolute Gasteiger partial charge is 0.487 e. The first-order valence-electron chi connectivity index (χ1n) is 16.2. The molecule has 1 N–H and O–H groups in total. The van der Waals surface area contributed by atoms with Crippen molar-refractivity contribution >= 4 is 5.97 Å². The van der Waals surface area contributed by atoms with Crippen LogP contribution in [0.2, 0.25) is 0 Å². The van der Waals surface area contributed by atoms with E-state index in [9.17, 15) is 4.79 Å². The lowest BCUT2D eigenvalue weighted by Gasteiger charge is -2.19. The lowest BCUT2D eigenvalue weighted by Crippen LogP contribution is -2.28. The molecule has 242 valence electrons. The van der Waals surface area contributed by atoms with Crippen LogP contribution in [0, 0.1) is 0 Å². The molecule has 1 aliphatic rings. The molecular weight excluding hydrogens is 540 g/mol. The average Bonchev–Trinajstić information content (AvgIpc) is 2.99. The van der Waals surface area contributed by atoms with Crippen LogP contribution in [0.4, 0.5) is 0 Å². The van der Waals surface area contributed by atoms with Crippen molar-refractivity contribution in [3.63, 3.8) is 0 Å². The molecule has 0 saturated heterocycles. The number of ether oxygens (including phenoxy) is 7. The molecular formula is C33H56O9. The lowest BCUT2D eigenvalue weighted by molar-refractivity contribution is -0.137. The van der Waals surface area contributed by atoms with Crippen molar-refractivity contribution < 1.29 is 43.1 Å². The van der Waals surface area contributed by atoms with Gasteiger partial charge < -0.3 is 38.3 Å². The smallest absolute Gasteiger partial charge is 0.303 e. The first-order valence-corrected chi connectivity index (χ1v) is 16.2. The van der Waals surface area contributed by atoms with Crippen molar-refractivity contribution in [3.8, 4) is 11.5 Å². The molecule has 0 amide bonds. The number of unbranched alkanes of at least 4 members (excludes halogenated alkanes) is 12. The third-order valence-electron chi connectivity index (χ3n) is 7.06. The molecule has 1 aromatic rings. The van der Waals surface area contributed by atoms with E-state index >= 15 is 0 Å². The van der Waals surface area contributed by atoms with Gasteiger partial charge in [0.05, 0.1) is 52.9 Å². The number of fused-ring (bicyclic) bond motifs is 1. The van der Waals surface area contributed by atoms with Crippen LogP contribution in [-0.4, -0.2) is 89.9 Å². The first-order chi connectivity index (χ1) is 20.8. The fourth-order valence-corrected chi connectivity index (χ4v) is 4.70. The fraction of sp³-hybridized carbons (Fsp3) is 0.788. The van der Waals surface area contributed by atoms with Crippen molar-refractivity contribution in [1.82, 2.24) is 0 Å². The van der Waals surface area contributed by atoms with Gasteiger partial charge in [0, 0.05) is 13.0 Å². The highest BCUT2D eigenvalue weighted by Crippen LogP contribution is 2.26. The Balaban J connectivity index is 1.45. The molecule has 1 unspecified atom stereocenters. The van der Waals surface area contributed by atoms with Gasteiger partial charge in [-0.2, -0.15) is 0 Å². The van der Waals surface area contributed by atoms with Crippen LogP contribution in [0.1, 0.15) is 89.9 Å². The molecule has 0 aliphatic carbocycles. The Morgan fingerprint density at radius 3 is 1.69 bits per heavy atom. The predicted octanol–water partition coefficient (Wildman–Crippen LogP) is 6.46. The Hall–Kier alpha value is -1.91. The number of carboxylic acid groups (broad SMARTS) is 1. The van der Waals surface area contributed by atoms with E-state index in [0.717, 1.165) is 25.9 Å². The van der Waals surface area contributed by atoms with E-state index < -0.39 is 5.97 Å². The Morgan fingerprint density at radius 1 is 0.643 bits per heavy atom. The molecule has 0 fully saturated rings. The van der Waals surface area contributed by atoms with Gasteiger partial charge in [0.2, 0.25) is 0 Å².